The molecule has 1 aromatic rings. The fraction of sp³-hybridized carbons (Fsp3) is 0.500. The van der Waals surface area contributed by atoms with Crippen molar-refractivity contribution < 1.29 is 17.9 Å². The first kappa shape index (κ1) is 11.2. The highest BCUT2D eigenvalue weighted by Crippen LogP contribution is 2.27. The molecule has 0 aliphatic heterocycles. The van der Waals surface area contributed by atoms with Gasteiger partial charge in [-0.3, -0.25) is 0 Å². The molecule has 0 saturated carbocycles. The summed E-state index contributed by atoms with van der Waals surface area (Å²) in [5, 5.41) is 14.2. The highest BCUT2D eigenvalue weighted by Gasteiger charge is 2.25. The molecule has 80 valence electrons. The standard InChI is InChI=1S/C8H13NO4S/c1-5-6(8(2,3)10)4-7(13-5)14(9,11)12/h4,10H,1-3H3,(H2,9,11,12). The molecular weight excluding hydrogens is 206 g/mol. The highest BCUT2D eigenvalue weighted by molar-refractivity contribution is 7.89. The third-order valence-electron chi connectivity index (χ3n) is 1.83. The van der Waals surface area contributed by atoms with Crippen LogP contribution in [0.15, 0.2) is 15.6 Å². The van der Waals surface area contributed by atoms with E-state index in [1.807, 2.05) is 0 Å². The number of sulfonamides is 1. The molecule has 14 heavy (non-hydrogen) atoms. The van der Waals surface area contributed by atoms with Gasteiger partial charge < -0.3 is 9.52 Å². The van der Waals surface area contributed by atoms with E-state index in [-0.39, 0.29) is 5.09 Å². The van der Waals surface area contributed by atoms with Gasteiger partial charge in [0.05, 0.1) is 5.60 Å². The minimum atomic E-state index is -3.84. The minimum Gasteiger partial charge on any atom is -0.448 e. The number of hydrogen-bond acceptors (Lipinski definition) is 4. The summed E-state index contributed by atoms with van der Waals surface area (Å²) in [5.41, 5.74) is -0.724. The average molecular weight is 219 g/mol. The third-order valence-corrected chi connectivity index (χ3v) is 2.60. The van der Waals surface area contributed by atoms with Gasteiger partial charge in [0.15, 0.2) is 0 Å². The van der Waals surface area contributed by atoms with Crippen LogP contribution in [0, 0.1) is 6.92 Å². The van der Waals surface area contributed by atoms with Crippen molar-refractivity contribution in [2.24, 2.45) is 5.14 Å². The largest absolute Gasteiger partial charge is 0.448 e. The number of aryl methyl sites for hydroxylation is 1. The molecule has 6 heteroatoms. The lowest BCUT2D eigenvalue weighted by molar-refractivity contribution is 0.0769. The van der Waals surface area contributed by atoms with Crippen molar-refractivity contribution in [2.75, 3.05) is 0 Å². The van der Waals surface area contributed by atoms with Crippen molar-refractivity contribution in [1.82, 2.24) is 0 Å². The van der Waals surface area contributed by atoms with Crippen LogP contribution in [0.3, 0.4) is 0 Å². The minimum absolute atomic E-state index is 0.327. The van der Waals surface area contributed by atoms with E-state index in [1.54, 1.807) is 6.92 Å². The molecule has 0 aliphatic rings. The summed E-state index contributed by atoms with van der Waals surface area (Å²) >= 11 is 0. The van der Waals surface area contributed by atoms with E-state index in [4.69, 9.17) is 9.56 Å². The van der Waals surface area contributed by atoms with Crippen molar-refractivity contribution in [3.8, 4) is 0 Å². The topological polar surface area (TPSA) is 93.5 Å². The molecule has 0 bridgehead atoms. The number of hydrogen-bond donors (Lipinski definition) is 2. The van der Waals surface area contributed by atoms with E-state index in [0.29, 0.717) is 11.3 Å². The Morgan fingerprint density at radius 1 is 1.50 bits per heavy atom. The summed E-state index contributed by atoms with van der Waals surface area (Å²) in [7, 11) is -3.84. The zero-order chi connectivity index (χ0) is 11.1. The molecule has 0 unspecified atom stereocenters. The van der Waals surface area contributed by atoms with Gasteiger partial charge in [0.2, 0.25) is 5.09 Å². The molecule has 0 radical (unpaired) electrons. The maximum absolute atomic E-state index is 10.9. The molecular formula is C8H13NO4S. The number of aliphatic hydroxyl groups is 1. The van der Waals surface area contributed by atoms with Crippen LogP contribution >= 0.6 is 0 Å². The van der Waals surface area contributed by atoms with Crippen LogP contribution in [-0.4, -0.2) is 13.5 Å². The van der Waals surface area contributed by atoms with Crippen molar-refractivity contribution in [3.63, 3.8) is 0 Å². The van der Waals surface area contributed by atoms with Crippen molar-refractivity contribution in [2.45, 2.75) is 31.5 Å². The van der Waals surface area contributed by atoms with Crippen molar-refractivity contribution in [1.29, 1.82) is 0 Å². The number of nitrogens with two attached hydrogens (primary N) is 1. The van der Waals surface area contributed by atoms with Crippen LogP contribution in [0.1, 0.15) is 25.2 Å². The van der Waals surface area contributed by atoms with Crippen LogP contribution in [0.25, 0.3) is 0 Å². The fourth-order valence-corrected chi connectivity index (χ4v) is 1.73. The van der Waals surface area contributed by atoms with E-state index in [2.05, 4.69) is 0 Å². The Bertz CT molecular complexity index is 438. The average Bonchev–Trinajstić information content (AvgIpc) is 2.27. The lowest BCUT2D eigenvalue weighted by Crippen LogP contribution is -2.16. The molecule has 5 nitrogen and oxygen atoms in total. The molecule has 0 saturated heterocycles. The molecule has 1 rings (SSSR count). The summed E-state index contributed by atoms with van der Waals surface area (Å²) in [6, 6.07) is 1.24. The Labute approximate surface area is 82.6 Å². The van der Waals surface area contributed by atoms with Gasteiger partial charge in [-0.25, -0.2) is 13.6 Å². The molecule has 0 fully saturated rings. The van der Waals surface area contributed by atoms with Crippen LogP contribution < -0.4 is 5.14 Å². The fourth-order valence-electron chi connectivity index (χ4n) is 1.20. The van der Waals surface area contributed by atoms with Crippen molar-refractivity contribution in [3.05, 3.63) is 17.4 Å². The summed E-state index contributed by atoms with van der Waals surface area (Å²) in [4.78, 5) is 0. The lowest BCUT2D eigenvalue weighted by atomic mass is 10.00. The second kappa shape index (κ2) is 3.08. The monoisotopic (exact) mass is 219 g/mol. The Morgan fingerprint density at radius 3 is 2.21 bits per heavy atom. The smallest absolute Gasteiger partial charge is 0.271 e. The Balaban J connectivity index is 3.33. The molecule has 0 atom stereocenters. The van der Waals surface area contributed by atoms with Crippen LogP contribution in [0.4, 0.5) is 0 Å². The lowest BCUT2D eigenvalue weighted by Gasteiger charge is -2.15. The van der Waals surface area contributed by atoms with E-state index < -0.39 is 15.6 Å². The van der Waals surface area contributed by atoms with Gasteiger partial charge in [-0.15, -0.1) is 0 Å². The van der Waals surface area contributed by atoms with Crippen LogP contribution in [0.5, 0.6) is 0 Å². The number of furan rings is 1. The number of primary sulfonamides is 1. The van der Waals surface area contributed by atoms with Gasteiger partial charge in [-0.1, -0.05) is 0 Å². The molecule has 0 amide bonds. The van der Waals surface area contributed by atoms with Crippen LogP contribution in [0.2, 0.25) is 0 Å². The molecule has 0 aromatic carbocycles. The van der Waals surface area contributed by atoms with Gasteiger partial charge in [-0.2, -0.15) is 0 Å². The maximum atomic E-state index is 10.9. The molecule has 0 aliphatic carbocycles. The normalized spacial score (nSPS) is 13.2. The van der Waals surface area contributed by atoms with E-state index >= 15 is 0 Å². The summed E-state index contributed by atoms with van der Waals surface area (Å²) in [6.07, 6.45) is 0. The van der Waals surface area contributed by atoms with Gasteiger partial charge in [-0.05, 0) is 20.8 Å². The summed E-state index contributed by atoms with van der Waals surface area (Å²) in [6.45, 7) is 4.65. The Kier molecular flexibility index (Phi) is 2.47. The van der Waals surface area contributed by atoms with E-state index in [9.17, 15) is 13.5 Å². The van der Waals surface area contributed by atoms with Crippen LogP contribution in [-0.2, 0) is 15.6 Å². The highest BCUT2D eigenvalue weighted by atomic mass is 32.2. The van der Waals surface area contributed by atoms with Gasteiger partial charge in [0.25, 0.3) is 10.0 Å². The predicted octanol–water partition coefficient (Wildman–Crippen LogP) is 0.463. The second-order valence-electron chi connectivity index (χ2n) is 3.64. The quantitative estimate of drug-likeness (QED) is 0.755. The van der Waals surface area contributed by atoms with Crippen molar-refractivity contribution >= 4 is 10.0 Å². The third kappa shape index (κ3) is 2.14. The molecule has 3 N–H and O–H groups in total. The van der Waals surface area contributed by atoms with Gasteiger partial charge in [0.1, 0.15) is 5.76 Å². The first-order valence-electron chi connectivity index (χ1n) is 3.98. The first-order chi connectivity index (χ1) is 6.12. The van der Waals surface area contributed by atoms with Gasteiger partial charge in [0, 0.05) is 11.6 Å². The summed E-state index contributed by atoms with van der Waals surface area (Å²) < 4.78 is 26.8. The SMILES string of the molecule is Cc1oc(S(N)(=O)=O)cc1C(C)(C)O. The zero-order valence-corrected chi connectivity index (χ0v) is 9.05. The Morgan fingerprint density at radius 2 is 2.00 bits per heavy atom. The zero-order valence-electron chi connectivity index (χ0n) is 8.23. The van der Waals surface area contributed by atoms with Gasteiger partial charge >= 0.3 is 0 Å². The summed E-state index contributed by atoms with van der Waals surface area (Å²) in [5.74, 6) is 0.349. The molecule has 1 heterocycles. The molecule has 0 spiro atoms. The molecule has 1 aromatic heterocycles. The van der Waals surface area contributed by atoms with E-state index in [1.165, 1.54) is 19.9 Å². The predicted molar refractivity (Wildman–Crippen MR) is 50.1 cm³/mol. The second-order valence-corrected chi connectivity index (χ2v) is 5.13. The first-order valence-corrected chi connectivity index (χ1v) is 5.53. The number of rotatable bonds is 2. The Hall–Kier alpha value is -0.850. The van der Waals surface area contributed by atoms with E-state index in [0.717, 1.165) is 0 Å². The maximum Gasteiger partial charge on any atom is 0.271 e.